The molecule has 0 aliphatic rings. The lowest BCUT2D eigenvalue weighted by atomic mass is 10.0. The van der Waals surface area contributed by atoms with Gasteiger partial charge in [-0.1, -0.05) is 44.2 Å². The minimum Gasteiger partial charge on any atom is -0.380 e. The van der Waals surface area contributed by atoms with Gasteiger partial charge in [0.25, 0.3) is 0 Å². The summed E-state index contributed by atoms with van der Waals surface area (Å²) in [6.07, 6.45) is 2.32. The molecular weight excluding hydrogens is 210 g/mol. The molecule has 1 aromatic carbocycles. The highest BCUT2D eigenvalue weighted by Gasteiger charge is 2.14. The lowest BCUT2D eigenvalue weighted by Gasteiger charge is -2.24. The SMILES string of the molecule is CCOC[C@@H](NC(CC)CC)c1ccccc1. The Morgan fingerprint density at radius 3 is 2.24 bits per heavy atom. The van der Waals surface area contributed by atoms with Crippen molar-refractivity contribution < 1.29 is 4.74 Å². The maximum atomic E-state index is 5.58. The van der Waals surface area contributed by atoms with Crippen LogP contribution in [0, 0.1) is 0 Å². The highest BCUT2D eigenvalue weighted by atomic mass is 16.5. The van der Waals surface area contributed by atoms with E-state index in [1.54, 1.807) is 0 Å². The van der Waals surface area contributed by atoms with E-state index in [9.17, 15) is 0 Å². The fourth-order valence-electron chi connectivity index (χ4n) is 1.97. The van der Waals surface area contributed by atoms with Gasteiger partial charge in [0.1, 0.15) is 0 Å². The molecule has 0 aliphatic heterocycles. The first-order valence-electron chi connectivity index (χ1n) is 6.70. The van der Waals surface area contributed by atoms with E-state index in [0.717, 1.165) is 26.1 Å². The summed E-state index contributed by atoms with van der Waals surface area (Å²) in [6.45, 7) is 8.01. The molecule has 2 heteroatoms. The lowest BCUT2D eigenvalue weighted by Crippen LogP contribution is -2.34. The third-order valence-corrected chi connectivity index (χ3v) is 3.11. The van der Waals surface area contributed by atoms with Crippen LogP contribution in [-0.2, 0) is 4.74 Å². The second kappa shape index (κ2) is 8.26. The summed E-state index contributed by atoms with van der Waals surface area (Å²) < 4.78 is 5.58. The topological polar surface area (TPSA) is 21.3 Å². The molecule has 1 aromatic rings. The van der Waals surface area contributed by atoms with E-state index in [2.05, 4.69) is 49.5 Å². The number of rotatable bonds is 8. The first-order valence-corrected chi connectivity index (χ1v) is 6.70. The second-order valence-electron chi connectivity index (χ2n) is 4.30. The number of hydrogen-bond acceptors (Lipinski definition) is 2. The van der Waals surface area contributed by atoms with Gasteiger partial charge < -0.3 is 10.1 Å². The smallest absolute Gasteiger partial charge is 0.0661 e. The molecule has 1 atom stereocenters. The molecule has 0 heterocycles. The van der Waals surface area contributed by atoms with E-state index >= 15 is 0 Å². The Labute approximate surface area is 105 Å². The van der Waals surface area contributed by atoms with Crippen molar-refractivity contribution in [1.29, 1.82) is 0 Å². The molecule has 1 N–H and O–H groups in total. The number of ether oxygens (including phenoxy) is 1. The van der Waals surface area contributed by atoms with Gasteiger partial charge in [0.2, 0.25) is 0 Å². The predicted molar refractivity (Wildman–Crippen MR) is 73.2 cm³/mol. The van der Waals surface area contributed by atoms with Crippen molar-refractivity contribution in [3.05, 3.63) is 35.9 Å². The minimum absolute atomic E-state index is 0.307. The van der Waals surface area contributed by atoms with Gasteiger partial charge in [0, 0.05) is 12.6 Å². The van der Waals surface area contributed by atoms with Gasteiger partial charge in [-0.2, -0.15) is 0 Å². The summed E-state index contributed by atoms with van der Waals surface area (Å²) in [4.78, 5) is 0. The normalized spacial score (nSPS) is 12.9. The fourth-order valence-corrected chi connectivity index (χ4v) is 1.97. The molecule has 0 fully saturated rings. The van der Waals surface area contributed by atoms with Crippen LogP contribution in [0.5, 0.6) is 0 Å². The Hall–Kier alpha value is -0.860. The summed E-state index contributed by atoms with van der Waals surface area (Å²) >= 11 is 0. The third-order valence-electron chi connectivity index (χ3n) is 3.11. The van der Waals surface area contributed by atoms with Crippen LogP contribution in [0.1, 0.15) is 45.2 Å². The zero-order valence-electron chi connectivity index (χ0n) is 11.3. The monoisotopic (exact) mass is 235 g/mol. The average Bonchev–Trinajstić information content (AvgIpc) is 2.40. The van der Waals surface area contributed by atoms with Crippen molar-refractivity contribution in [2.24, 2.45) is 0 Å². The molecular formula is C15H25NO. The van der Waals surface area contributed by atoms with Crippen LogP contribution in [0.25, 0.3) is 0 Å². The molecule has 0 radical (unpaired) electrons. The number of hydrogen-bond donors (Lipinski definition) is 1. The first-order chi connectivity index (χ1) is 8.31. The van der Waals surface area contributed by atoms with Gasteiger partial charge in [0.15, 0.2) is 0 Å². The zero-order chi connectivity index (χ0) is 12.5. The van der Waals surface area contributed by atoms with Crippen molar-refractivity contribution in [2.45, 2.75) is 45.7 Å². The summed E-state index contributed by atoms with van der Waals surface area (Å²) in [6, 6.07) is 11.4. The largest absolute Gasteiger partial charge is 0.380 e. The van der Waals surface area contributed by atoms with Gasteiger partial charge in [-0.15, -0.1) is 0 Å². The van der Waals surface area contributed by atoms with Gasteiger partial charge in [0.05, 0.1) is 12.6 Å². The van der Waals surface area contributed by atoms with Crippen molar-refractivity contribution in [3.8, 4) is 0 Å². The predicted octanol–water partition coefficient (Wildman–Crippen LogP) is 3.54. The quantitative estimate of drug-likeness (QED) is 0.744. The van der Waals surface area contributed by atoms with E-state index in [0.29, 0.717) is 12.1 Å². The van der Waals surface area contributed by atoms with Crippen LogP contribution in [0.3, 0.4) is 0 Å². The molecule has 0 spiro atoms. The molecule has 2 nitrogen and oxygen atoms in total. The Morgan fingerprint density at radius 1 is 1.06 bits per heavy atom. The van der Waals surface area contributed by atoms with Crippen LogP contribution in [0.15, 0.2) is 30.3 Å². The average molecular weight is 235 g/mol. The van der Waals surface area contributed by atoms with Gasteiger partial charge >= 0.3 is 0 Å². The molecule has 0 saturated heterocycles. The Morgan fingerprint density at radius 2 is 1.71 bits per heavy atom. The molecule has 0 amide bonds. The molecule has 0 saturated carbocycles. The highest BCUT2D eigenvalue weighted by Crippen LogP contribution is 2.15. The van der Waals surface area contributed by atoms with Gasteiger partial charge in [-0.3, -0.25) is 0 Å². The van der Waals surface area contributed by atoms with Crippen LogP contribution < -0.4 is 5.32 Å². The summed E-state index contributed by atoms with van der Waals surface area (Å²) in [5, 5.41) is 3.68. The van der Waals surface area contributed by atoms with Crippen molar-refractivity contribution in [1.82, 2.24) is 5.32 Å². The van der Waals surface area contributed by atoms with E-state index in [4.69, 9.17) is 4.74 Å². The number of benzene rings is 1. The molecule has 1 rings (SSSR count). The van der Waals surface area contributed by atoms with Crippen molar-refractivity contribution in [2.75, 3.05) is 13.2 Å². The third kappa shape index (κ3) is 4.88. The van der Waals surface area contributed by atoms with E-state index in [1.807, 2.05) is 6.92 Å². The Balaban J connectivity index is 2.66. The highest BCUT2D eigenvalue weighted by molar-refractivity contribution is 5.19. The van der Waals surface area contributed by atoms with E-state index < -0.39 is 0 Å². The van der Waals surface area contributed by atoms with Crippen LogP contribution >= 0.6 is 0 Å². The lowest BCUT2D eigenvalue weighted by molar-refractivity contribution is 0.118. The second-order valence-corrected chi connectivity index (χ2v) is 4.30. The van der Waals surface area contributed by atoms with E-state index in [1.165, 1.54) is 5.56 Å². The Bertz CT molecular complexity index is 282. The van der Waals surface area contributed by atoms with Crippen molar-refractivity contribution in [3.63, 3.8) is 0 Å². The standard InChI is InChI=1S/C15H25NO/c1-4-14(5-2)16-15(12-17-6-3)13-10-8-7-9-11-13/h7-11,14-16H,4-6,12H2,1-3H3/t15-/m1/s1. The summed E-state index contributed by atoms with van der Waals surface area (Å²) in [5.74, 6) is 0. The molecule has 17 heavy (non-hydrogen) atoms. The van der Waals surface area contributed by atoms with Crippen LogP contribution in [0.2, 0.25) is 0 Å². The van der Waals surface area contributed by atoms with E-state index in [-0.39, 0.29) is 0 Å². The Kier molecular flexibility index (Phi) is 6.90. The molecule has 0 bridgehead atoms. The number of nitrogens with one attached hydrogen (secondary N) is 1. The molecule has 0 unspecified atom stereocenters. The maximum Gasteiger partial charge on any atom is 0.0661 e. The summed E-state index contributed by atoms with van der Waals surface area (Å²) in [5.41, 5.74) is 1.31. The van der Waals surface area contributed by atoms with Crippen LogP contribution in [-0.4, -0.2) is 19.3 Å². The molecule has 96 valence electrons. The summed E-state index contributed by atoms with van der Waals surface area (Å²) in [7, 11) is 0. The fraction of sp³-hybridized carbons (Fsp3) is 0.600. The van der Waals surface area contributed by atoms with Gasteiger partial charge in [-0.25, -0.2) is 0 Å². The maximum absolute atomic E-state index is 5.58. The first kappa shape index (κ1) is 14.2. The van der Waals surface area contributed by atoms with Crippen molar-refractivity contribution >= 4 is 0 Å². The minimum atomic E-state index is 0.307. The molecule has 0 aromatic heterocycles. The molecule has 0 aliphatic carbocycles. The van der Waals surface area contributed by atoms with Gasteiger partial charge in [-0.05, 0) is 25.3 Å². The zero-order valence-corrected chi connectivity index (χ0v) is 11.3. The van der Waals surface area contributed by atoms with Crippen LogP contribution in [0.4, 0.5) is 0 Å².